The number of ether oxygens (including phenoxy) is 4. The average molecular weight is 679 g/mol. The molecular weight excluding hydrogens is 614 g/mol. The van der Waals surface area contributed by atoms with Crippen molar-refractivity contribution in [2.24, 2.45) is 11.8 Å². The van der Waals surface area contributed by atoms with Gasteiger partial charge in [-0.3, -0.25) is 0 Å². The maximum absolute atomic E-state index is 14.3. The van der Waals surface area contributed by atoms with Gasteiger partial charge < -0.3 is 18.9 Å². The molecule has 0 radical (unpaired) electrons. The molecule has 2 atom stereocenters. The fraction of sp³-hybridized carbons (Fsp3) is 0.800. The number of alkyl halides is 2. The average Bonchev–Trinajstić information content (AvgIpc) is 3.10. The lowest BCUT2D eigenvalue weighted by Crippen LogP contribution is -2.30. The van der Waals surface area contributed by atoms with Crippen LogP contribution in [-0.2, 0) is 19.1 Å². The Balaban J connectivity index is 1.22. The normalized spacial score (nSPS) is 22.4. The molecule has 2 saturated carbocycles. The van der Waals surface area contributed by atoms with Crippen molar-refractivity contribution in [1.82, 2.24) is 0 Å². The molecule has 0 heterocycles. The van der Waals surface area contributed by atoms with Gasteiger partial charge in [-0.25, -0.2) is 18.4 Å². The van der Waals surface area contributed by atoms with Gasteiger partial charge in [0.1, 0.15) is 23.7 Å². The zero-order valence-corrected chi connectivity index (χ0v) is 29.9. The van der Waals surface area contributed by atoms with Gasteiger partial charge in [0.05, 0.1) is 13.2 Å². The van der Waals surface area contributed by atoms with Gasteiger partial charge >= 0.3 is 11.9 Å². The van der Waals surface area contributed by atoms with Gasteiger partial charge in [0.25, 0.3) is 0 Å². The molecule has 274 valence electrons. The molecule has 0 amide bonds. The largest absolute Gasteiger partial charge is 0.493 e. The molecular formula is C40H64F2O6. The molecule has 2 unspecified atom stereocenters. The van der Waals surface area contributed by atoms with Crippen molar-refractivity contribution in [2.45, 2.75) is 180 Å². The number of halogens is 2. The number of hydrogen-bond acceptors (Lipinski definition) is 6. The number of rotatable bonds is 24. The number of benzene rings is 1. The Morgan fingerprint density at radius 3 is 1.25 bits per heavy atom. The lowest BCUT2D eigenvalue weighted by Gasteiger charge is -2.29. The number of carbonyl (C=O) groups excluding carboxylic acids is 2. The summed E-state index contributed by atoms with van der Waals surface area (Å²) in [5.74, 6) is 0.955. The van der Waals surface area contributed by atoms with Crippen molar-refractivity contribution in [3.05, 3.63) is 24.3 Å². The molecule has 6 nitrogen and oxygen atoms in total. The second-order valence-electron chi connectivity index (χ2n) is 14.3. The fourth-order valence-electron chi connectivity index (χ4n) is 6.81. The highest BCUT2D eigenvalue weighted by Crippen LogP contribution is 2.30. The summed E-state index contributed by atoms with van der Waals surface area (Å²) in [4.78, 5) is 24.4. The first kappa shape index (κ1) is 40.1. The molecule has 0 bridgehead atoms. The van der Waals surface area contributed by atoms with Gasteiger partial charge in [-0.15, -0.1) is 0 Å². The van der Waals surface area contributed by atoms with Crippen molar-refractivity contribution in [3.8, 4) is 11.5 Å². The van der Waals surface area contributed by atoms with Crippen LogP contribution >= 0.6 is 0 Å². The summed E-state index contributed by atoms with van der Waals surface area (Å²) in [5, 5.41) is 0. The van der Waals surface area contributed by atoms with Crippen molar-refractivity contribution < 1.29 is 37.3 Å². The summed E-state index contributed by atoms with van der Waals surface area (Å²) in [5.41, 5.74) is 0. The molecule has 8 heteroatoms. The zero-order chi connectivity index (χ0) is 34.4. The predicted molar refractivity (Wildman–Crippen MR) is 187 cm³/mol. The van der Waals surface area contributed by atoms with Crippen LogP contribution in [0.3, 0.4) is 0 Å². The van der Waals surface area contributed by atoms with E-state index in [1.807, 2.05) is 24.3 Å². The minimum absolute atomic E-state index is 0.194. The topological polar surface area (TPSA) is 71.1 Å². The molecule has 0 saturated heterocycles. The van der Waals surface area contributed by atoms with Crippen LogP contribution in [0.25, 0.3) is 0 Å². The van der Waals surface area contributed by atoms with Crippen LogP contribution in [0.5, 0.6) is 11.5 Å². The van der Waals surface area contributed by atoms with E-state index in [0.717, 1.165) is 101 Å². The Morgan fingerprint density at radius 2 is 0.896 bits per heavy atom. The van der Waals surface area contributed by atoms with E-state index in [1.165, 1.54) is 38.5 Å². The first-order valence-corrected chi connectivity index (χ1v) is 19.4. The maximum Gasteiger partial charge on any atom is 0.340 e. The number of unbranched alkanes of at least 4 members (excludes halogenated alkanes) is 10. The van der Waals surface area contributed by atoms with Crippen LogP contribution in [0.4, 0.5) is 8.78 Å². The third-order valence-corrected chi connectivity index (χ3v) is 10.1. The Labute approximate surface area is 289 Å². The van der Waals surface area contributed by atoms with Crippen molar-refractivity contribution >= 4 is 11.9 Å². The van der Waals surface area contributed by atoms with Gasteiger partial charge in [0.2, 0.25) is 0 Å². The van der Waals surface area contributed by atoms with Gasteiger partial charge in [0.15, 0.2) is 12.3 Å². The van der Waals surface area contributed by atoms with E-state index in [2.05, 4.69) is 13.8 Å². The summed E-state index contributed by atoms with van der Waals surface area (Å²) in [7, 11) is 0. The summed E-state index contributed by atoms with van der Waals surface area (Å²) >= 11 is 0. The second-order valence-corrected chi connectivity index (χ2v) is 14.3. The lowest BCUT2D eigenvalue weighted by molar-refractivity contribution is -0.158. The van der Waals surface area contributed by atoms with Gasteiger partial charge in [-0.1, -0.05) is 78.1 Å². The minimum atomic E-state index is -1.51. The second kappa shape index (κ2) is 23.9. The monoisotopic (exact) mass is 678 g/mol. The first-order valence-electron chi connectivity index (χ1n) is 19.4. The van der Waals surface area contributed by atoms with E-state index >= 15 is 0 Å². The van der Waals surface area contributed by atoms with E-state index < -0.39 is 24.3 Å². The highest BCUT2D eigenvalue weighted by atomic mass is 19.1. The summed E-state index contributed by atoms with van der Waals surface area (Å²) in [6, 6.07) is 7.68. The molecule has 0 aliphatic heterocycles. The standard InChI is InChI=1S/C40H64F2O6/c1-3-5-7-9-11-13-15-37(41)39(43)47-35-21-17-31(18-22-35)29-45-33-25-27-34(28-26-33)46-30-32-19-23-36(24-20-32)48-40(44)38(42)16-14-12-10-8-6-4-2/h25-28,31-32,35-38H,3-24,29-30H2,1-2H3. The smallest absolute Gasteiger partial charge is 0.340 e. The van der Waals surface area contributed by atoms with Gasteiger partial charge in [-0.2, -0.15) is 0 Å². The molecule has 2 aliphatic rings. The van der Waals surface area contributed by atoms with Crippen LogP contribution < -0.4 is 9.47 Å². The van der Waals surface area contributed by atoms with Gasteiger partial charge in [0, 0.05) is 0 Å². The number of carbonyl (C=O) groups is 2. The number of esters is 2. The minimum Gasteiger partial charge on any atom is -0.493 e. The van der Waals surface area contributed by atoms with E-state index in [4.69, 9.17) is 18.9 Å². The summed E-state index contributed by atoms with van der Waals surface area (Å²) < 4.78 is 51.6. The third-order valence-electron chi connectivity index (χ3n) is 10.1. The van der Waals surface area contributed by atoms with Crippen molar-refractivity contribution in [3.63, 3.8) is 0 Å². The molecule has 0 spiro atoms. The maximum atomic E-state index is 14.3. The Morgan fingerprint density at radius 1 is 0.562 bits per heavy atom. The molecule has 1 aromatic rings. The summed E-state index contributed by atoms with van der Waals surface area (Å²) in [6.07, 6.45) is 16.5. The van der Waals surface area contributed by atoms with E-state index in [-0.39, 0.29) is 25.0 Å². The predicted octanol–water partition coefficient (Wildman–Crippen LogP) is 10.8. The lowest BCUT2D eigenvalue weighted by atomic mass is 9.88. The molecule has 2 fully saturated rings. The molecule has 0 N–H and O–H groups in total. The molecule has 2 aliphatic carbocycles. The fourth-order valence-corrected chi connectivity index (χ4v) is 6.81. The van der Waals surface area contributed by atoms with Crippen LogP contribution in [0.1, 0.15) is 155 Å². The third kappa shape index (κ3) is 16.3. The molecule has 0 aromatic heterocycles. The van der Waals surface area contributed by atoms with E-state index in [9.17, 15) is 18.4 Å². The van der Waals surface area contributed by atoms with E-state index in [1.54, 1.807) is 0 Å². The highest BCUT2D eigenvalue weighted by molar-refractivity contribution is 5.75. The Bertz CT molecular complexity index is 909. The Kier molecular flexibility index (Phi) is 19.9. The van der Waals surface area contributed by atoms with Crippen LogP contribution in [0.15, 0.2) is 24.3 Å². The highest BCUT2D eigenvalue weighted by Gasteiger charge is 2.29. The van der Waals surface area contributed by atoms with Crippen molar-refractivity contribution in [1.29, 1.82) is 0 Å². The Hall–Kier alpha value is -2.38. The van der Waals surface area contributed by atoms with E-state index in [0.29, 0.717) is 25.0 Å². The first-order chi connectivity index (χ1) is 23.4. The van der Waals surface area contributed by atoms with Crippen LogP contribution in [0, 0.1) is 11.8 Å². The quantitative estimate of drug-likeness (QED) is 0.0800. The molecule has 1 aromatic carbocycles. The van der Waals surface area contributed by atoms with Crippen LogP contribution in [-0.4, -0.2) is 49.7 Å². The number of hydrogen-bond donors (Lipinski definition) is 0. The summed E-state index contributed by atoms with van der Waals surface area (Å²) in [6.45, 7) is 5.54. The van der Waals surface area contributed by atoms with Gasteiger partial charge in [-0.05, 0) is 113 Å². The SMILES string of the molecule is CCCCCCCCC(F)C(=O)OC1CCC(COc2ccc(OCC3CCC(OC(=O)C(F)CCCCCCCC)CC3)cc2)CC1. The molecule has 48 heavy (non-hydrogen) atoms. The zero-order valence-electron chi connectivity index (χ0n) is 29.9. The van der Waals surface area contributed by atoms with Crippen molar-refractivity contribution in [2.75, 3.05) is 13.2 Å². The molecule has 3 rings (SSSR count). The van der Waals surface area contributed by atoms with Crippen LogP contribution in [0.2, 0.25) is 0 Å².